The van der Waals surface area contributed by atoms with Crippen molar-refractivity contribution in [1.29, 1.82) is 0 Å². The third kappa shape index (κ3) is 3.43. The number of hydrogen-bond acceptors (Lipinski definition) is 7. The number of aromatic amines is 1. The van der Waals surface area contributed by atoms with Crippen molar-refractivity contribution in [3.8, 4) is 11.3 Å². The summed E-state index contributed by atoms with van der Waals surface area (Å²) in [4.78, 5) is 19.5. The molecule has 1 aliphatic carbocycles. The number of fused-ring (bicyclic) bond motifs is 2. The van der Waals surface area contributed by atoms with Crippen LogP contribution >= 0.6 is 11.3 Å². The standard InChI is InChI=1S/C20H24N6O2S/c1-11(2)18-22-20(28-25-18)26-8-12-3-4-13(9-26)17(12)21-19(27)16-7-15(23-24-16)14-5-6-29-10-14/h5-7,10-13,17H,3-4,8-9H2,1-2H3,(H,21,27)(H,23,24)/t12-,13+,17?. The summed E-state index contributed by atoms with van der Waals surface area (Å²) < 4.78 is 5.48. The second kappa shape index (κ2) is 7.29. The number of thiophene rings is 1. The van der Waals surface area contributed by atoms with E-state index < -0.39 is 0 Å². The molecule has 0 spiro atoms. The van der Waals surface area contributed by atoms with Gasteiger partial charge in [0, 0.05) is 36.0 Å². The first kappa shape index (κ1) is 18.4. The number of carbonyl (C=O) groups is 1. The van der Waals surface area contributed by atoms with Crippen molar-refractivity contribution in [1.82, 2.24) is 25.7 Å². The number of aromatic nitrogens is 4. The topological polar surface area (TPSA) is 99.9 Å². The first-order valence-corrected chi connectivity index (χ1v) is 11.0. The summed E-state index contributed by atoms with van der Waals surface area (Å²) in [5.74, 6) is 1.66. The Labute approximate surface area is 172 Å². The van der Waals surface area contributed by atoms with E-state index in [0.29, 0.717) is 23.5 Å². The number of nitrogens with zero attached hydrogens (tertiary/aromatic N) is 4. The minimum Gasteiger partial charge on any atom is -0.347 e. The van der Waals surface area contributed by atoms with Crippen LogP contribution in [0, 0.1) is 11.8 Å². The van der Waals surface area contributed by atoms with Crippen molar-refractivity contribution >= 4 is 23.3 Å². The molecule has 2 N–H and O–H groups in total. The summed E-state index contributed by atoms with van der Waals surface area (Å²) in [5.41, 5.74) is 2.33. The van der Waals surface area contributed by atoms with E-state index in [-0.39, 0.29) is 17.9 Å². The fraction of sp³-hybridized carbons (Fsp3) is 0.500. The zero-order valence-corrected chi connectivity index (χ0v) is 17.3. The smallest absolute Gasteiger partial charge is 0.324 e. The van der Waals surface area contributed by atoms with Gasteiger partial charge in [0.25, 0.3) is 5.91 Å². The molecule has 1 saturated carbocycles. The Hall–Kier alpha value is -2.68. The number of piperidine rings is 1. The maximum absolute atomic E-state index is 12.8. The summed E-state index contributed by atoms with van der Waals surface area (Å²) >= 11 is 1.61. The molecule has 9 heteroatoms. The molecule has 1 amide bonds. The van der Waals surface area contributed by atoms with Gasteiger partial charge in [-0.2, -0.15) is 21.4 Å². The van der Waals surface area contributed by atoms with E-state index in [1.807, 2.05) is 22.9 Å². The van der Waals surface area contributed by atoms with E-state index in [1.54, 1.807) is 11.3 Å². The molecule has 0 radical (unpaired) electrons. The van der Waals surface area contributed by atoms with Crippen molar-refractivity contribution < 1.29 is 9.32 Å². The largest absolute Gasteiger partial charge is 0.347 e. The van der Waals surface area contributed by atoms with Gasteiger partial charge in [0.2, 0.25) is 0 Å². The van der Waals surface area contributed by atoms with Gasteiger partial charge < -0.3 is 14.7 Å². The lowest BCUT2D eigenvalue weighted by atomic mass is 9.92. The van der Waals surface area contributed by atoms with E-state index in [2.05, 4.69) is 44.4 Å². The fourth-order valence-electron chi connectivity index (χ4n) is 4.43. The molecule has 1 unspecified atom stereocenters. The minimum absolute atomic E-state index is 0.0887. The van der Waals surface area contributed by atoms with E-state index in [9.17, 15) is 4.79 Å². The summed E-state index contributed by atoms with van der Waals surface area (Å²) in [7, 11) is 0. The molecule has 2 fully saturated rings. The van der Waals surface area contributed by atoms with E-state index >= 15 is 0 Å². The van der Waals surface area contributed by atoms with Gasteiger partial charge in [0.05, 0.1) is 5.69 Å². The highest BCUT2D eigenvalue weighted by atomic mass is 32.1. The molecule has 1 aliphatic heterocycles. The zero-order valence-electron chi connectivity index (χ0n) is 16.5. The van der Waals surface area contributed by atoms with Gasteiger partial charge in [0.1, 0.15) is 5.69 Å². The van der Waals surface area contributed by atoms with Crippen LogP contribution in [0.4, 0.5) is 6.01 Å². The number of anilines is 1. The summed E-state index contributed by atoms with van der Waals surface area (Å²) in [6.07, 6.45) is 2.20. The predicted octanol–water partition coefficient (Wildman–Crippen LogP) is 3.29. The Morgan fingerprint density at radius 1 is 1.34 bits per heavy atom. The van der Waals surface area contributed by atoms with Gasteiger partial charge in [-0.15, -0.1) is 0 Å². The van der Waals surface area contributed by atoms with Crippen LogP contribution in [0.2, 0.25) is 0 Å². The summed E-state index contributed by atoms with van der Waals surface area (Å²) in [6, 6.07) is 4.59. The van der Waals surface area contributed by atoms with Crippen LogP contribution in [0.25, 0.3) is 11.3 Å². The molecule has 0 aromatic carbocycles. The van der Waals surface area contributed by atoms with Gasteiger partial charge in [-0.25, -0.2) is 0 Å². The molecule has 4 heterocycles. The first-order chi connectivity index (χ1) is 14.1. The number of rotatable bonds is 5. The molecule has 3 atom stereocenters. The highest BCUT2D eigenvalue weighted by Gasteiger charge is 2.44. The molecular formula is C20H24N6O2S. The summed E-state index contributed by atoms with van der Waals surface area (Å²) in [5, 5.41) is 18.5. The van der Waals surface area contributed by atoms with Crippen LogP contribution in [0.1, 0.15) is 48.9 Å². The molecule has 3 aromatic rings. The average Bonchev–Trinajstić information content (AvgIpc) is 3.48. The first-order valence-electron chi connectivity index (χ1n) is 10.1. The molecule has 5 rings (SSSR count). The Balaban J connectivity index is 1.25. The lowest BCUT2D eigenvalue weighted by molar-refractivity contribution is 0.0904. The molecule has 2 aliphatic rings. The van der Waals surface area contributed by atoms with E-state index in [0.717, 1.165) is 43.0 Å². The van der Waals surface area contributed by atoms with Crippen molar-refractivity contribution in [3.05, 3.63) is 34.4 Å². The quantitative estimate of drug-likeness (QED) is 0.667. The highest BCUT2D eigenvalue weighted by Crippen LogP contribution is 2.38. The SMILES string of the molecule is CC(C)c1noc(N2C[C@H]3CC[C@@H](C2)C3NC(=O)c2cc(-c3ccsc3)n[nH]2)n1. The molecular weight excluding hydrogens is 388 g/mol. The van der Waals surface area contributed by atoms with E-state index in [1.165, 1.54) is 0 Å². The maximum atomic E-state index is 12.8. The van der Waals surface area contributed by atoms with Gasteiger partial charge in [-0.1, -0.05) is 19.0 Å². The third-order valence-corrected chi connectivity index (χ3v) is 6.67. The molecule has 1 saturated heterocycles. The van der Waals surface area contributed by atoms with Gasteiger partial charge in [-0.05, 0) is 42.2 Å². The Bertz CT molecular complexity index is 980. The monoisotopic (exact) mass is 412 g/mol. The Morgan fingerprint density at radius 2 is 2.14 bits per heavy atom. The average molecular weight is 413 g/mol. The van der Waals surface area contributed by atoms with Crippen molar-refractivity contribution in [2.24, 2.45) is 11.8 Å². The Morgan fingerprint density at radius 3 is 2.79 bits per heavy atom. The van der Waals surface area contributed by atoms with Crippen LogP contribution in [0.15, 0.2) is 27.4 Å². The lowest BCUT2D eigenvalue weighted by Gasteiger charge is -2.37. The van der Waals surface area contributed by atoms with Gasteiger partial charge in [0.15, 0.2) is 5.82 Å². The maximum Gasteiger partial charge on any atom is 0.324 e. The summed E-state index contributed by atoms with van der Waals surface area (Å²) in [6.45, 7) is 5.76. The molecule has 3 aromatic heterocycles. The molecule has 29 heavy (non-hydrogen) atoms. The normalized spacial score (nSPS) is 23.7. The van der Waals surface area contributed by atoms with E-state index in [4.69, 9.17) is 4.52 Å². The van der Waals surface area contributed by atoms with Crippen LogP contribution in [-0.2, 0) is 0 Å². The molecule has 152 valence electrons. The highest BCUT2D eigenvalue weighted by molar-refractivity contribution is 7.08. The minimum atomic E-state index is -0.0887. The van der Waals surface area contributed by atoms with Crippen molar-refractivity contribution in [2.75, 3.05) is 18.0 Å². The third-order valence-electron chi connectivity index (χ3n) is 5.99. The Kier molecular flexibility index (Phi) is 4.61. The van der Waals surface area contributed by atoms with Crippen LogP contribution in [-0.4, -0.2) is 45.4 Å². The van der Waals surface area contributed by atoms with Crippen molar-refractivity contribution in [2.45, 2.75) is 38.6 Å². The van der Waals surface area contributed by atoms with Crippen molar-refractivity contribution in [3.63, 3.8) is 0 Å². The lowest BCUT2D eigenvalue weighted by Crippen LogP contribution is -2.52. The van der Waals surface area contributed by atoms with Gasteiger partial charge in [-0.3, -0.25) is 9.89 Å². The predicted molar refractivity (Wildman–Crippen MR) is 110 cm³/mol. The number of hydrogen-bond donors (Lipinski definition) is 2. The number of carbonyl (C=O) groups excluding carboxylic acids is 1. The number of amides is 1. The van der Waals surface area contributed by atoms with Gasteiger partial charge >= 0.3 is 6.01 Å². The number of nitrogens with one attached hydrogen (secondary N) is 2. The second-order valence-corrected chi connectivity index (χ2v) is 9.05. The second-order valence-electron chi connectivity index (χ2n) is 8.27. The molecule has 2 bridgehead atoms. The van der Waals surface area contributed by atoms with Crippen LogP contribution < -0.4 is 10.2 Å². The van der Waals surface area contributed by atoms with Crippen LogP contribution in [0.3, 0.4) is 0 Å². The zero-order chi connectivity index (χ0) is 20.0. The number of H-pyrrole nitrogens is 1. The molecule has 8 nitrogen and oxygen atoms in total. The fourth-order valence-corrected chi connectivity index (χ4v) is 5.08. The van der Waals surface area contributed by atoms with Crippen LogP contribution in [0.5, 0.6) is 0 Å².